The van der Waals surface area contributed by atoms with Gasteiger partial charge in [0.1, 0.15) is 5.75 Å². The molecule has 1 aliphatic rings. The quantitative estimate of drug-likeness (QED) is 0.566. The normalized spacial score (nSPS) is 19.1. The number of hydrogen-bond donors (Lipinski definition) is 2. The van der Waals surface area contributed by atoms with Crippen molar-refractivity contribution in [2.45, 2.75) is 33.3 Å². The minimum atomic E-state index is 0.0866. The van der Waals surface area contributed by atoms with E-state index in [1.165, 1.54) is 12.1 Å². The molecule has 0 bridgehead atoms. The SMILES string of the molecule is CN=C(NCC1CCN(c2cccc(OC)c2)C1)NCC(OC)C(C)(C)C. The maximum absolute atomic E-state index is 5.61. The molecule has 2 unspecified atom stereocenters. The van der Waals surface area contributed by atoms with Crippen molar-refractivity contribution in [3.8, 4) is 5.75 Å². The van der Waals surface area contributed by atoms with Crippen molar-refractivity contribution >= 4 is 11.6 Å². The van der Waals surface area contributed by atoms with E-state index in [1.54, 1.807) is 14.2 Å². The molecule has 0 spiro atoms. The van der Waals surface area contributed by atoms with Crippen LogP contribution in [-0.4, -0.2) is 59.5 Å². The van der Waals surface area contributed by atoms with Gasteiger partial charge in [0.2, 0.25) is 0 Å². The number of hydrogen-bond acceptors (Lipinski definition) is 4. The minimum absolute atomic E-state index is 0.0866. The van der Waals surface area contributed by atoms with Gasteiger partial charge in [-0.2, -0.15) is 0 Å². The Morgan fingerprint density at radius 2 is 2.07 bits per heavy atom. The summed E-state index contributed by atoms with van der Waals surface area (Å²) in [5, 5.41) is 6.86. The summed E-state index contributed by atoms with van der Waals surface area (Å²) in [7, 11) is 5.28. The van der Waals surface area contributed by atoms with Gasteiger partial charge in [-0.15, -0.1) is 0 Å². The van der Waals surface area contributed by atoms with Crippen LogP contribution < -0.4 is 20.3 Å². The smallest absolute Gasteiger partial charge is 0.191 e. The number of nitrogens with zero attached hydrogens (tertiary/aromatic N) is 2. The highest BCUT2D eigenvalue weighted by atomic mass is 16.5. The third-order valence-electron chi connectivity index (χ3n) is 5.19. The molecule has 2 rings (SSSR count). The van der Waals surface area contributed by atoms with E-state index in [2.05, 4.69) is 53.4 Å². The van der Waals surface area contributed by atoms with Gasteiger partial charge >= 0.3 is 0 Å². The summed E-state index contributed by atoms with van der Waals surface area (Å²) in [6.07, 6.45) is 1.30. The summed E-state index contributed by atoms with van der Waals surface area (Å²) in [6, 6.07) is 8.29. The molecule has 1 heterocycles. The number of ether oxygens (including phenoxy) is 2. The van der Waals surface area contributed by atoms with Crippen molar-refractivity contribution in [3.63, 3.8) is 0 Å². The average molecular weight is 377 g/mol. The zero-order valence-corrected chi connectivity index (χ0v) is 17.7. The van der Waals surface area contributed by atoms with Crippen LogP contribution in [0.2, 0.25) is 0 Å². The van der Waals surface area contributed by atoms with Gasteiger partial charge in [-0.05, 0) is 29.9 Å². The molecule has 1 aromatic rings. The van der Waals surface area contributed by atoms with Crippen LogP contribution >= 0.6 is 0 Å². The Labute approximate surface area is 164 Å². The molecular weight excluding hydrogens is 340 g/mol. The topological polar surface area (TPSA) is 58.1 Å². The summed E-state index contributed by atoms with van der Waals surface area (Å²) in [4.78, 5) is 6.77. The molecule has 1 fully saturated rings. The van der Waals surface area contributed by atoms with Gasteiger partial charge in [-0.3, -0.25) is 4.99 Å². The van der Waals surface area contributed by atoms with Gasteiger partial charge in [0.25, 0.3) is 0 Å². The summed E-state index contributed by atoms with van der Waals surface area (Å²) >= 11 is 0. The second-order valence-corrected chi connectivity index (χ2v) is 8.23. The van der Waals surface area contributed by atoms with E-state index in [-0.39, 0.29) is 11.5 Å². The monoisotopic (exact) mass is 376 g/mol. The van der Waals surface area contributed by atoms with E-state index < -0.39 is 0 Å². The summed E-state index contributed by atoms with van der Waals surface area (Å²) < 4.78 is 10.9. The first kappa shape index (κ1) is 21.4. The first-order valence-electron chi connectivity index (χ1n) is 9.73. The molecule has 0 aliphatic carbocycles. The van der Waals surface area contributed by atoms with E-state index in [9.17, 15) is 0 Å². The highest BCUT2D eigenvalue weighted by molar-refractivity contribution is 5.79. The van der Waals surface area contributed by atoms with Crippen molar-refractivity contribution in [3.05, 3.63) is 24.3 Å². The molecule has 0 radical (unpaired) electrons. The number of benzene rings is 1. The van der Waals surface area contributed by atoms with E-state index in [1.807, 2.05) is 19.2 Å². The molecule has 2 N–H and O–H groups in total. The van der Waals surface area contributed by atoms with Crippen LogP contribution in [0.4, 0.5) is 5.69 Å². The number of methoxy groups -OCH3 is 2. The first-order valence-corrected chi connectivity index (χ1v) is 9.73. The van der Waals surface area contributed by atoms with Crippen molar-refractivity contribution < 1.29 is 9.47 Å². The lowest BCUT2D eigenvalue weighted by Gasteiger charge is -2.30. The zero-order chi connectivity index (χ0) is 19.9. The Kier molecular flexibility index (Phi) is 7.78. The van der Waals surface area contributed by atoms with Crippen molar-refractivity contribution in [1.82, 2.24) is 10.6 Å². The third kappa shape index (κ3) is 6.31. The second-order valence-electron chi connectivity index (χ2n) is 8.23. The van der Waals surface area contributed by atoms with Crippen molar-refractivity contribution in [2.75, 3.05) is 52.3 Å². The van der Waals surface area contributed by atoms with E-state index in [4.69, 9.17) is 9.47 Å². The van der Waals surface area contributed by atoms with Crippen LogP contribution in [0.3, 0.4) is 0 Å². The van der Waals surface area contributed by atoms with Crippen LogP contribution in [0.25, 0.3) is 0 Å². The van der Waals surface area contributed by atoms with Gasteiger partial charge in [-0.25, -0.2) is 0 Å². The highest BCUT2D eigenvalue weighted by Crippen LogP contribution is 2.26. The fraction of sp³-hybridized carbons (Fsp3) is 0.667. The molecule has 0 aromatic heterocycles. The Morgan fingerprint density at radius 3 is 2.70 bits per heavy atom. The molecule has 0 amide bonds. The number of aliphatic imine (C=N–C) groups is 1. The number of nitrogens with one attached hydrogen (secondary N) is 2. The van der Waals surface area contributed by atoms with Crippen LogP contribution in [0.1, 0.15) is 27.2 Å². The first-order chi connectivity index (χ1) is 12.9. The molecule has 0 saturated carbocycles. The van der Waals surface area contributed by atoms with Gasteiger partial charge in [0.15, 0.2) is 5.96 Å². The van der Waals surface area contributed by atoms with E-state index >= 15 is 0 Å². The number of anilines is 1. The van der Waals surface area contributed by atoms with Gasteiger partial charge in [0, 0.05) is 52.1 Å². The van der Waals surface area contributed by atoms with Crippen molar-refractivity contribution in [2.24, 2.45) is 16.3 Å². The maximum Gasteiger partial charge on any atom is 0.191 e. The Morgan fingerprint density at radius 1 is 1.30 bits per heavy atom. The standard InChI is InChI=1S/C21H36N4O2/c1-21(2,3)19(27-6)14-24-20(22-4)23-13-16-10-11-25(15-16)17-8-7-9-18(12-17)26-5/h7-9,12,16,19H,10-11,13-15H2,1-6H3,(H2,22,23,24). The van der Waals surface area contributed by atoms with Crippen LogP contribution in [0.5, 0.6) is 5.75 Å². The molecule has 1 aromatic carbocycles. The minimum Gasteiger partial charge on any atom is -0.497 e. The third-order valence-corrected chi connectivity index (χ3v) is 5.19. The molecule has 152 valence electrons. The molecule has 6 heteroatoms. The molecule has 2 atom stereocenters. The predicted molar refractivity (Wildman–Crippen MR) is 113 cm³/mol. The van der Waals surface area contributed by atoms with Crippen LogP contribution in [-0.2, 0) is 4.74 Å². The molecule has 1 aliphatic heterocycles. The maximum atomic E-state index is 5.61. The predicted octanol–water partition coefficient (Wildman–Crippen LogP) is 2.75. The molecule has 27 heavy (non-hydrogen) atoms. The fourth-order valence-corrected chi connectivity index (χ4v) is 3.44. The van der Waals surface area contributed by atoms with E-state index in [0.29, 0.717) is 5.92 Å². The van der Waals surface area contributed by atoms with Gasteiger partial charge in [-0.1, -0.05) is 26.8 Å². The lowest BCUT2D eigenvalue weighted by atomic mass is 9.89. The molecule has 6 nitrogen and oxygen atoms in total. The van der Waals surface area contributed by atoms with Gasteiger partial charge in [0.05, 0.1) is 13.2 Å². The molecule has 1 saturated heterocycles. The summed E-state index contributed by atoms with van der Waals surface area (Å²) in [5.74, 6) is 2.34. The summed E-state index contributed by atoms with van der Waals surface area (Å²) in [6.45, 7) is 10.3. The average Bonchev–Trinajstić information content (AvgIpc) is 3.12. The highest BCUT2D eigenvalue weighted by Gasteiger charge is 2.25. The lowest BCUT2D eigenvalue weighted by Crippen LogP contribution is -2.46. The Balaban J connectivity index is 1.80. The summed E-state index contributed by atoms with van der Waals surface area (Å²) in [5.41, 5.74) is 1.32. The van der Waals surface area contributed by atoms with Gasteiger partial charge < -0.3 is 25.0 Å². The lowest BCUT2D eigenvalue weighted by molar-refractivity contribution is 0.0205. The largest absolute Gasteiger partial charge is 0.497 e. The van der Waals surface area contributed by atoms with Crippen LogP contribution in [0, 0.1) is 11.3 Å². The Bertz CT molecular complexity index is 612. The zero-order valence-electron chi connectivity index (χ0n) is 17.7. The fourth-order valence-electron chi connectivity index (χ4n) is 3.44. The molecular formula is C21H36N4O2. The number of rotatable bonds is 7. The van der Waals surface area contributed by atoms with E-state index in [0.717, 1.165) is 37.9 Å². The van der Waals surface area contributed by atoms with Crippen molar-refractivity contribution in [1.29, 1.82) is 0 Å². The van der Waals surface area contributed by atoms with Crippen LogP contribution in [0.15, 0.2) is 29.3 Å². The number of guanidine groups is 1. The Hall–Kier alpha value is -1.95. The second kappa shape index (κ2) is 9.83.